The molecule has 0 saturated heterocycles. The molecule has 0 aromatic heterocycles. The van der Waals surface area contributed by atoms with Crippen molar-refractivity contribution in [2.45, 2.75) is 11.3 Å². The summed E-state index contributed by atoms with van der Waals surface area (Å²) in [6.07, 6.45) is -3.13. The standard InChI is InChI=1S/C9H7F3O4S/c10-6-3-5(9(13)14)1-2-7(6)17(15,16)4-8(11)12/h1-3,8H,4H2,(H,13,14). The quantitative estimate of drug-likeness (QED) is 0.899. The highest BCUT2D eigenvalue weighted by Crippen LogP contribution is 2.19. The maximum atomic E-state index is 13.3. The van der Waals surface area contributed by atoms with E-state index in [9.17, 15) is 26.4 Å². The summed E-state index contributed by atoms with van der Waals surface area (Å²) < 4.78 is 59.7. The summed E-state index contributed by atoms with van der Waals surface area (Å²) in [7, 11) is -4.45. The SMILES string of the molecule is O=C(O)c1ccc(S(=O)(=O)CC(F)F)c(F)c1. The summed E-state index contributed by atoms with van der Waals surface area (Å²) in [4.78, 5) is 9.53. The zero-order chi connectivity index (χ0) is 13.2. The summed E-state index contributed by atoms with van der Waals surface area (Å²) in [6.45, 7) is 0. The number of halogens is 3. The first-order valence-electron chi connectivity index (χ1n) is 4.28. The van der Waals surface area contributed by atoms with Crippen LogP contribution < -0.4 is 0 Å². The minimum atomic E-state index is -4.45. The number of alkyl halides is 2. The lowest BCUT2D eigenvalue weighted by Crippen LogP contribution is -2.15. The summed E-state index contributed by atoms with van der Waals surface area (Å²) in [5.41, 5.74) is -0.460. The smallest absolute Gasteiger partial charge is 0.335 e. The largest absolute Gasteiger partial charge is 0.478 e. The maximum absolute atomic E-state index is 13.3. The van der Waals surface area contributed by atoms with E-state index in [1.54, 1.807) is 0 Å². The van der Waals surface area contributed by atoms with E-state index >= 15 is 0 Å². The first-order valence-corrected chi connectivity index (χ1v) is 5.93. The van der Waals surface area contributed by atoms with Crippen LogP contribution in [0.1, 0.15) is 10.4 Å². The molecular formula is C9H7F3O4S. The number of benzene rings is 1. The summed E-state index contributed by atoms with van der Waals surface area (Å²) in [5.74, 6) is -4.30. The highest BCUT2D eigenvalue weighted by molar-refractivity contribution is 7.91. The number of carboxylic acid groups (broad SMARTS) is 1. The normalized spacial score (nSPS) is 11.8. The second-order valence-electron chi connectivity index (χ2n) is 3.12. The zero-order valence-electron chi connectivity index (χ0n) is 8.23. The van der Waals surface area contributed by atoms with Crippen LogP contribution in [0.5, 0.6) is 0 Å². The Kier molecular flexibility index (Phi) is 3.76. The fourth-order valence-electron chi connectivity index (χ4n) is 1.14. The topological polar surface area (TPSA) is 71.4 Å². The van der Waals surface area contributed by atoms with Crippen LogP contribution >= 0.6 is 0 Å². The Morgan fingerprint density at radius 2 is 1.94 bits per heavy atom. The van der Waals surface area contributed by atoms with Gasteiger partial charge in [-0.3, -0.25) is 0 Å². The van der Waals surface area contributed by atoms with Gasteiger partial charge in [0.05, 0.1) is 5.56 Å². The van der Waals surface area contributed by atoms with Crippen LogP contribution in [0.15, 0.2) is 23.1 Å². The van der Waals surface area contributed by atoms with Gasteiger partial charge in [-0.25, -0.2) is 26.4 Å². The second-order valence-corrected chi connectivity index (χ2v) is 5.13. The molecule has 0 heterocycles. The Balaban J connectivity index is 3.21. The molecule has 1 rings (SSSR count). The van der Waals surface area contributed by atoms with E-state index in [1.807, 2.05) is 0 Å². The van der Waals surface area contributed by atoms with E-state index in [2.05, 4.69) is 0 Å². The van der Waals surface area contributed by atoms with E-state index in [-0.39, 0.29) is 0 Å². The predicted molar refractivity (Wildman–Crippen MR) is 51.4 cm³/mol. The number of hydrogen-bond acceptors (Lipinski definition) is 3. The van der Waals surface area contributed by atoms with Gasteiger partial charge in [0.25, 0.3) is 6.43 Å². The van der Waals surface area contributed by atoms with Gasteiger partial charge < -0.3 is 5.11 Å². The Hall–Kier alpha value is -1.57. The van der Waals surface area contributed by atoms with Crippen LogP contribution in [0.2, 0.25) is 0 Å². The third-order valence-corrected chi connectivity index (χ3v) is 3.55. The monoisotopic (exact) mass is 268 g/mol. The van der Waals surface area contributed by atoms with Crippen LogP contribution in [-0.2, 0) is 9.84 Å². The van der Waals surface area contributed by atoms with Gasteiger partial charge in [-0.2, -0.15) is 0 Å². The van der Waals surface area contributed by atoms with Gasteiger partial charge >= 0.3 is 5.97 Å². The molecule has 0 aliphatic carbocycles. The fourth-order valence-corrected chi connectivity index (χ4v) is 2.28. The van der Waals surface area contributed by atoms with Gasteiger partial charge in [0.1, 0.15) is 16.5 Å². The highest BCUT2D eigenvalue weighted by Gasteiger charge is 2.24. The number of hydrogen-bond donors (Lipinski definition) is 1. The van der Waals surface area contributed by atoms with E-state index in [4.69, 9.17) is 5.11 Å². The summed E-state index contributed by atoms with van der Waals surface area (Å²) in [5, 5.41) is 8.51. The molecule has 0 fully saturated rings. The lowest BCUT2D eigenvalue weighted by atomic mass is 10.2. The van der Waals surface area contributed by atoms with Gasteiger partial charge in [0.15, 0.2) is 9.84 Å². The van der Waals surface area contributed by atoms with Crippen LogP contribution in [0.25, 0.3) is 0 Å². The van der Waals surface area contributed by atoms with Crippen molar-refractivity contribution in [2.75, 3.05) is 5.75 Å². The fraction of sp³-hybridized carbons (Fsp3) is 0.222. The number of aromatic carboxylic acids is 1. The molecule has 1 aromatic carbocycles. The predicted octanol–water partition coefficient (Wildman–Crippen LogP) is 1.56. The van der Waals surface area contributed by atoms with Gasteiger partial charge in [-0.05, 0) is 18.2 Å². The van der Waals surface area contributed by atoms with Crippen LogP contribution in [0.3, 0.4) is 0 Å². The molecule has 17 heavy (non-hydrogen) atoms. The van der Waals surface area contributed by atoms with E-state index in [1.165, 1.54) is 0 Å². The number of carbonyl (C=O) groups is 1. The van der Waals surface area contributed by atoms with Crippen molar-refractivity contribution in [2.24, 2.45) is 0 Å². The van der Waals surface area contributed by atoms with Crippen molar-refractivity contribution in [1.82, 2.24) is 0 Å². The molecule has 0 atom stereocenters. The van der Waals surface area contributed by atoms with Crippen molar-refractivity contribution in [3.63, 3.8) is 0 Å². The molecule has 0 bridgehead atoms. The molecule has 0 spiro atoms. The van der Waals surface area contributed by atoms with Gasteiger partial charge in [-0.15, -0.1) is 0 Å². The maximum Gasteiger partial charge on any atom is 0.335 e. The highest BCUT2D eigenvalue weighted by atomic mass is 32.2. The second kappa shape index (κ2) is 4.74. The summed E-state index contributed by atoms with van der Waals surface area (Å²) in [6, 6.07) is 1.97. The molecular weight excluding hydrogens is 261 g/mol. The van der Waals surface area contributed by atoms with Gasteiger partial charge in [0, 0.05) is 0 Å². The lowest BCUT2D eigenvalue weighted by molar-refractivity contribution is 0.0696. The van der Waals surface area contributed by atoms with Crippen molar-refractivity contribution in [3.8, 4) is 0 Å². The first kappa shape index (κ1) is 13.5. The van der Waals surface area contributed by atoms with Crippen molar-refractivity contribution < 1.29 is 31.5 Å². The van der Waals surface area contributed by atoms with Gasteiger partial charge in [0.2, 0.25) is 0 Å². The number of carboxylic acids is 1. The molecule has 0 saturated carbocycles. The van der Waals surface area contributed by atoms with Crippen LogP contribution in [-0.4, -0.2) is 31.7 Å². The van der Waals surface area contributed by atoms with Crippen LogP contribution in [0, 0.1) is 5.82 Å². The van der Waals surface area contributed by atoms with Crippen molar-refractivity contribution in [1.29, 1.82) is 0 Å². The Bertz CT molecular complexity index is 539. The molecule has 4 nitrogen and oxygen atoms in total. The minimum Gasteiger partial charge on any atom is -0.478 e. The third-order valence-electron chi connectivity index (χ3n) is 1.86. The van der Waals surface area contributed by atoms with Crippen molar-refractivity contribution >= 4 is 15.8 Å². The number of sulfone groups is 1. The summed E-state index contributed by atoms with van der Waals surface area (Å²) >= 11 is 0. The van der Waals surface area contributed by atoms with E-state index in [0.717, 1.165) is 6.07 Å². The molecule has 0 unspecified atom stereocenters. The van der Waals surface area contributed by atoms with Crippen LogP contribution in [0.4, 0.5) is 13.2 Å². The molecule has 1 N–H and O–H groups in total. The molecule has 94 valence electrons. The molecule has 0 amide bonds. The number of rotatable bonds is 4. The molecule has 0 aliphatic heterocycles. The third kappa shape index (κ3) is 3.19. The molecule has 0 radical (unpaired) electrons. The average molecular weight is 268 g/mol. The Morgan fingerprint density at radius 1 is 1.35 bits per heavy atom. The van der Waals surface area contributed by atoms with E-state index < -0.39 is 44.3 Å². The molecule has 1 aromatic rings. The molecule has 8 heteroatoms. The van der Waals surface area contributed by atoms with Gasteiger partial charge in [-0.1, -0.05) is 0 Å². The average Bonchev–Trinajstić information content (AvgIpc) is 2.14. The van der Waals surface area contributed by atoms with Crippen molar-refractivity contribution in [3.05, 3.63) is 29.6 Å². The lowest BCUT2D eigenvalue weighted by Gasteiger charge is -2.05. The minimum absolute atomic E-state index is 0.460. The van der Waals surface area contributed by atoms with E-state index in [0.29, 0.717) is 12.1 Å². The Morgan fingerprint density at radius 3 is 2.35 bits per heavy atom. The first-order chi connectivity index (χ1) is 7.74. The zero-order valence-corrected chi connectivity index (χ0v) is 9.05. The Labute approximate surface area is 94.6 Å². The molecule has 0 aliphatic rings.